The van der Waals surface area contributed by atoms with Gasteiger partial charge in [0.2, 0.25) is 0 Å². The van der Waals surface area contributed by atoms with Crippen molar-refractivity contribution in [1.82, 2.24) is 0 Å². The highest BCUT2D eigenvalue weighted by atomic mass is 127. The van der Waals surface area contributed by atoms with Crippen molar-refractivity contribution in [3.8, 4) is 5.75 Å². The molecular weight excluding hydrogens is 363 g/mol. The lowest BCUT2D eigenvalue weighted by Gasteiger charge is -2.06. The number of carbonyl (C=O) groups excluding carboxylic acids is 1. The van der Waals surface area contributed by atoms with Crippen molar-refractivity contribution in [2.45, 2.75) is 0 Å². The summed E-state index contributed by atoms with van der Waals surface area (Å²) in [5, 5.41) is 0. The van der Waals surface area contributed by atoms with Gasteiger partial charge in [0, 0.05) is 3.57 Å². The maximum absolute atomic E-state index is 10.8. The average Bonchev–Trinajstić information content (AvgIpc) is 2.16. The van der Waals surface area contributed by atoms with E-state index in [1.807, 2.05) is 12.1 Å². The topological polar surface area (TPSA) is 35.5 Å². The van der Waals surface area contributed by atoms with Crippen LogP contribution in [0.1, 0.15) is 0 Å². The van der Waals surface area contributed by atoms with Gasteiger partial charge in [0.1, 0.15) is 5.75 Å². The number of hydrogen-bond acceptors (Lipinski definition) is 3. The molecule has 76 valence electrons. The van der Waals surface area contributed by atoms with Crippen LogP contribution in [0, 0.1) is 3.57 Å². The second-order valence-corrected chi connectivity index (χ2v) is 4.54. The average molecular weight is 371 g/mol. The van der Waals surface area contributed by atoms with Crippen molar-refractivity contribution in [3.05, 3.63) is 26.2 Å². The van der Waals surface area contributed by atoms with Gasteiger partial charge in [0.05, 0.1) is 11.6 Å². The van der Waals surface area contributed by atoms with Gasteiger partial charge in [-0.2, -0.15) is 0 Å². The zero-order valence-corrected chi connectivity index (χ0v) is 11.2. The summed E-state index contributed by atoms with van der Waals surface area (Å²) in [5.74, 6) is 0.242. The van der Waals surface area contributed by atoms with Gasteiger partial charge in [-0.15, -0.1) is 0 Å². The van der Waals surface area contributed by atoms with E-state index in [-0.39, 0.29) is 6.61 Å². The van der Waals surface area contributed by atoms with E-state index in [2.05, 4.69) is 43.3 Å². The van der Waals surface area contributed by atoms with Crippen molar-refractivity contribution >= 4 is 44.5 Å². The Labute approximate surface area is 104 Å². The molecule has 0 bridgehead atoms. The smallest absolute Gasteiger partial charge is 0.343 e. The van der Waals surface area contributed by atoms with Crippen molar-refractivity contribution in [2.24, 2.45) is 0 Å². The third-order valence-corrected chi connectivity index (χ3v) is 2.76. The summed E-state index contributed by atoms with van der Waals surface area (Å²) in [6.07, 6.45) is 0. The predicted octanol–water partition coefficient (Wildman–Crippen LogP) is 2.61. The molecule has 0 heterocycles. The van der Waals surface area contributed by atoms with E-state index in [4.69, 9.17) is 4.74 Å². The van der Waals surface area contributed by atoms with Crippen molar-refractivity contribution in [2.75, 3.05) is 13.7 Å². The number of benzene rings is 1. The van der Waals surface area contributed by atoms with Gasteiger partial charge in [-0.3, -0.25) is 0 Å². The Morgan fingerprint density at radius 2 is 2.29 bits per heavy atom. The molecule has 0 aliphatic rings. The lowest BCUT2D eigenvalue weighted by atomic mass is 10.3. The number of methoxy groups -OCH3 is 1. The fourth-order valence-electron chi connectivity index (χ4n) is 0.788. The monoisotopic (exact) mass is 370 g/mol. The minimum absolute atomic E-state index is 0.0737. The van der Waals surface area contributed by atoms with E-state index in [1.165, 1.54) is 7.11 Å². The van der Waals surface area contributed by atoms with Crippen LogP contribution in [-0.4, -0.2) is 19.7 Å². The molecular formula is C9H8BrIO3. The summed E-state index contributed by atoms with van der Waals surface area (Å²) in [7, 11) is 1.33. The zero-order valence-electron chi connectivity index (χ0n) is 7.42. The van der Waals surface area contributed by atoms with E-state index in [0.717, 1.165) is 8.04 Å². The van der Waals surface area contributed by atoms with Crippen LogP contribution in [0.3, 0.4) is 0 Å². The van der Waals surface area contributed by atoms with Crippen LogP contribution in [0.2, 0.25) is 0 Å². The van der Waals surface area contributed by atoms with Gasteiger partial charge in [-0.1, -0.05) is 0 Å². The first-order valence-corrected chi connectivity index (χ1v) is 5.65. The van der Waals surface area contributed by atoms with E-state index < -0.39 is 5.97 Å². The first kappa shape index (κ1) is 11.8. The van der Waals surface area contributed by atoms with Gasteiger partial charge < -0.3 is 9.47 Å². The summed E-state index contributed by atoms with van der Waals surface area (Å²) >= 11 is 5.53. The summed E-state index contributed by atoms with van der Waals surface area (Å²) < 4.78 is 11.6. The molecule has 5 heteroatoms. The minimum Gasteiger partial charge on any atom is -0.481 e. The molecule has 0 spiro atoms. The van der Waals surface area contributed by atoms with Crippen LogP contribution < -0.4 is 4.74 Å². The molecule has 3 nitrogen and oxygen atoms in total. The van der Waals surface area contributed by atoms with Crippen LogP contribution in [0.4, 0.5) is 0 Å². The molecule has 0 atom stereocenters. The molecule has 1 aromatic rings. The first-order valence-electron chi connectivity index (χ1n) is 3.78. The molecule has 0 radical (unpaired) electrons. The number of halogens is 2. The molecule has 0 N–H and O–H groups in total. The Kier molecular flexibility index (Phi) is 4.67. The maximum Gasteiger partial charge on any atom is 0.343 e. The Morgan fingerprint density at radius 1 is 1.57 bits per heavy atom. The molecule has 0 amide bonds. The Bertz CT molecular complexity index is 341. The molecule has 1 rings (SSSR count). The maximum atomic E-state index is 10.8. The first-order chi connectivity index (χ1) is 6.63. The molecule has 0 saturated carbocycles. The lowest BCUT2D eigenvalue weighted by Crippen LogP contribution is -2.12. The standard InChI is InChI=1S/C9H8BrIO3/c1-13-9(12)5-14-8-3-2-6(11)4-7(8)10/h2-4H,5H2,1H3. The van der Waals surface area contributed by atoms with E-state index in [0.29, 0.717) is 5.75 Å². The van der Waals surface area contributed by atoms with E-state index in [9.17, 15) is 4.79 Å². The summed E-state index contributed by atoms with van der Waals surface area (Å²) in [5.41, 5.74) is 0. The fraction of sp³-hybridized carbons (Fsp3) is 0.222. The molecule has 0 aromatic heterocycles. The quantitative estimate of drug-likeness (QED) is 0.606. The third kappa shape index (κ3) is 3.45. The van der Waals surface area contributed by atoms with Crippen LogP contribution in [0.5, 0.6) is 5.75 Å². The Morgan fingerprint density at radius 3 is 2.86 bits per heavy atom. The van der Waals surface area contributed by atoms with Crippen LogP contribution in [0.15, 0.2) is 22.7 Å². The third-order valence-electron chi connectivity index (χ3n) is 1.47. The van der Waals surface area contributed by atoms with Gasteiger partial charge in [-0.25, -0.2) is 4.79 Å². The molecule has 0 unspecified atom stereocenters. The molecule has 14 heavy (non-hydrogen) atoms. The van der Waals surface area contributed by atoms with Crippen LogP contribution in [-0.2, 0) is 9.53 Å². The van der Waals surface area contributed by atoms with Gasteiger partial charge in [0.25, 0.3) is 0 Å². The number of rotatable bonds is 3. The van der Waals surface area contributed by atoms with Crippen molar-refractivity contribution < 1.29 is 14.3 Å². The van der Waals surface area contributed by atoms with Gasteiger partial charge in [-0.05, 0) is 56.7 Å². The highest BCUT2D eigenvalue weighted by Crippen LogP contribution is 2.26. The number of esters is 1. The minimum atomic E-state index is -0.393. The summed E-state index contributed by atoms with van der Waals surface area (Å²) in [6.45, 7) is -0.0737. The lowest BCUT2D eigenvalue weighted by molar-refractivity contribution is -0.142. The second kappa shape index (κ2) is 5.55. The van der Waals surface area contributed by atoms with Crippen molar-refractivity contribution in [1.29, 1.82) is 0 Å². The Balaban J connectivity index is 2.63. The number of ether oxygens (including phenoxy) is 2. The molecule has 0 aliphatic carbocycles. The highest BCUT2D eigenvalue weighted by Gasteiger charge is 2.05. The zero-order chi connectivity index (χ0) is 10.6. The molecule has 0 saturated heterocycles. The summed E-state index contributed by atoms with van der Waals surface area (Å²) in [6, 6.07) is 5.61. The van der Waals surface area contributed by atoms with E-state index in [1.54, 1.807) is 6.07 Å². The Hall–Kier alpha value is -0.300. The largest absolute Gasteiger partial charge is 0.481 e. The molecule has 0 aliphatic heterocycles. The second-order valence-electron chi connectivity index (χ2n) is 2.44. The van der Waals surface area contributed by atoms with Gasteiger partial charge in [0.15, 0.2) is 6.61 Å². The summed E-state index contributed by atoms with van der Waals surface area (Å²) in [4.78, 5) is 10.8. The molecule has 1 aromatic carbocycles. The number of hydrogen-bond donors (Lipinski definition) is 0. The van der Waals surface area contributed by atoms with E-state index >= 15 is 0 Å². The fourth-order valence-corrected chi connectivity index (χ4v) is 2.20. The van der Waals surface area contributed by atoms with Crippen LogP contribution in [0.25, 0.3) is 0 Å². The SMILES string of the molecule is COC(=O)COc1ccc(I)cc1Br. The normalized spacial score (nSPS) is 9.64. The highest BCUT2D eigenvalue weighted by molar-refractivity contribution is 14.1. The predicted molar refractivity (Wildman–Crippen MR) is 64.4 cm³/mol. The van der Waals surface area contributed by atoms with Gasteiger partial charge >= 0.3 is 5.97 Å². The molecule has 0 fully saturated rings. The number of carbonyl (C=O) groups is 1. The van der Waals surface area contributed by atoms with Crippen molar-refractivity contribution in [3.63, 3.8) is 0 Å². The van der Waals surface area contributed by atoms with Crippen LogP contribution >= 0.6 is 38.5 Å².